The lowest BCUT2D eigenvalue weighted by Gasteiger charge is -2.08. The van der Waals surface area contributed by atoms with E-state index in [4.69, 9.17) is 4.74 Å². The van der Waals surface area contributed by atoms with Crippen molar-refractivity contribution in [2.45, 2.75) is 6.92 Å². The fourth-order valence-corrected chi connectivity index (χ4v) is 1.88. The molecule has 6 heteroatoms. The zero-order chi connectivity index (χ0) is 11.8. The number of carbonyl (C=O) groups excluding carboxylic acids is 1. The molecule has 1 aromatic rings. The molecule has 0 unspecified atom stereocenters. The fraction of sp³-hybridized carbons (Fsp3) is 0.300. The van der Waals surface area contributed by atoms with Crippen molar-refractivity contribution in [2.75, 3.05) is 17.8 Å². The van der Waals surface area contributed by atoms with E-state index in [2.05, 4.69) is 26.0 Å². The smallest absolute Gasteiger partial charge is 0.417 e. The van der Waals surface area contributed by atoms with Gasteiger partial charge < -0.3 is 10.1 Å². The molecule has 0 aromatic heterocycles. The van der Waals surface area contributed by atoms with Crippen LogP contribution < -0.4 is 10.0 Å². The highest BCUT2D eigenvalue weighted by Gasteiger charge is 2.00. The lowest BCUT2D eigenvalue weighted by molar-refractivity contribution is 0.159. The van der Waals surface area contributed by atoms with E-state index in [0.29, 0.717) is 12.5 Å². The number of hydrogen-bond donors (Lipinski definition) is 2. The predicted molar refractivity (Wildman–Crippen MR) is 70.4 cm³/mol. The fourth-order valence-electron chi connectivity index (χ4n) is 0.974. The largest absolute Gasteiger partial charge is 0.449 e. The van der Waals surface area contributed by atoms with Crippen LogP contribution in [0.1, 0.15) is 6.92 Å². The van der Waals surface area contributed by atoms with Gasteiger partial charge in [-0.2, -0.15) is 0 Å². The molecule has 88 valence electrons. The lowest BCUT2D eigenvalue weighted by atomic mass is 10.3. The molecule has 0 radical (unpaired) electrons. The van der Waals surface area contributed by atoms with Gasteiger partial charge in [0.15, 0.2) is 0 Å². The SMILES string of the molecule is CCOC(=O)NSCNc1ccccc1Br. The number of amides is 1. The van der Waals surface area contributed by atoms with E-state index in [1.54, 1.807) is 6.92 Å². The summed E-state index contributed by atoms with van der Waals surface area (Å²) in [5, 5.41) is 3.16. The summed E-state index contributed by atoms with van der Waals surface area (Å²) < 4.78 is 8.25. The van der Waals surface area contributed by atoms with Crippen LogP contribution in [-0.2, 0) is 4.74 Å². The monoisotopic (exact) mass is 304 g/mol. The number of para-hydroxylation sites is 1. The maximum Gasteiger partial charge on any atom is 0.417 e. The van der Waals surface area contributed by atoms with Crippen LogP contribution in [0.25, 0.3) is 0 Å². The second kappa shape index (κ2) is 7.40. The molecular formula is C10H13BrN2O2S. The molecule has 1 rings (SSSR count). The molecule has 4 nitrogen and oxygen atoms in total. The number of ether oxygens (including phenoxy) is 1. The van der Waals surface area contributed by atoms with Gasteiger partial charge in [0.2, 0.25) is 0 Å². The second-order valence-corrected chi connectivity index (χ2v) is 4.40. The average molecular weight is 305 g/mol. The van der Waals surface area contributed by atoms with Crippen LogP contribution in [-0.4, -0.2) is 18.6 Å². The molecule has 0 saturated carbocycles. The Kier molecular flexibility index (Phi) is 6.10. The quantitative estimate of drug-likeness (QED) is 0.498. The number of anilines is 1. The molecule has 0 fully saturated rings. The third-order valence-corrected chi connectivity index (χ3v) is 2.93. The third kappa shape index (κ3) is 4.76. The van der Waals surface area contributed by atoms with E-state index in [0.717, 1.165) is 10.2 Å². The van der Waals surface area contributed by atoms with Crippen molar-refractivity contribution in [2.24, 2.45) is 0 Å². The minimum Gasteiger partial charge on any atom is -0.449 e. The Morgan fingerprint density at radius 2 is 2.25 bits per heavy atom. The highest BCUT2D eigenvalue weighted by molar-refractivity contribution is 9.10. The minimum absolute atomic E-state index is 0.379. The zero-order valence-corrected chi connectivity index (χ0v) is 11.2. The molecule has 0 atom stereocenters. The highest BCUT2D eigenvalue weighted by Crippen LogP contribution is 2.21. The summed E-state index contributed by atoms with van der Waals surface area (Å²) in [5.74, 6) is 0.571. The Balaban J connectivity index is 2.21. The first kappa shape index (κ1) is 13.2. The average Bonchev–Trinajstić information content (AvgIpc) is 2.27. The van der Waals surface area contributed by atoms with Crippen LogP contribution in [0.5, 0.6) is 0 Å². The van der Waals surface area contributed by atoms with Gasteiger partial charge in [-0.3, -0.25) is 4.72 Å². The number of carbonyl (C=O) groups is 1. The van der Waals surface area contributed by atoms with Crippen molar-refractivity contribution in [1.82, 2.24) is 4.72 Å². The first-order valence-corrected chi connectivity index (χ1v) is 6.55. The molecule has 1 aromatic carbocycles. The highest BCUT2D eigenvalue weighted by atomic mass is 79.9. The maximum atomic E-state index is 10.9. The Morgan fingerprint density at radius 1 is 1.50 bits per heavy atom. The summed E-state index contributed by atoms with van der Waals surface area (Å²) in [5.41, 5.74) is 0.987. The van der Waals surface area contributed by atoms with Crippen molar-refractivity contribution in [3.8, 4) is 0 Å². The molecular weight excluding hydrogens is 292 g/mol. The van der Waals surface area contributed by atoms with E-state index in [1.165, 1.54) is 11.9 Å². The van der Waals surface area contributed by atoms with E-state index in [1.807, 2.05) is 24.3 Å². The van der Waals surface area contributed by atoms with Crippen LogP contribution >= 0.6 is 27.9 Å². The first-order valence-electron chi connectivity index (χ1n) is 4.77. The number of benzene rings is 1. The van der Waals surface area contributed by atoms with Gasteiger partial charge in [0.25, 0.3) is 0 Å². The van der Waals surface area contributed by atoms with Crippen LogP contribution in [0.15, 0.2) is 28.7 Å². The standard InChI is InChI=1S/C10H13BrN2O2S/c1-2-15-10(14)13-16-7-12-9-6-4-3-5-8(9)11/h3-6,12H,2,7H2,1H3,(H,13,14). The summed E-state index contributed by atoms with van der Waals surface area (Å²) in [6.07, 6.45) is -0.415. The molecule has 0 aliphatic rings. The Hall–Kier alpha value is -0.880. The molecule has 0 saturated heterocycles. The third-order valence-electron chi connectivity index (χ3n) is 1.64. The normalized spacial score (nSPS) is 9.62. The van der Waals surface area contributed by atoms with E-state index < -0.39 is 6.09 Å². The van der Waals surface area contributed by atoms with Crippen LogP contribution in [0.2, 0.25) is 0 Å². The van der Waals surface area contributed by atoms with Crippen LogP contribution in [0.3, 0.4) is 0 Å². The molecule has 2 N–H and O–H groups in total. The van der Waals surface area contributed by atoms with Crippen LogP contribution in [0.4, 0.5) is 10.5 Å². The van der Waals surface area contributed by atoms with E-state index in [-0.39, 0.29) is 0 Å². The van der Waals surface area contributed by atoms with Gasteiger partial charge >= 0.3 is 6.09 Å². The molecule has 0 bridgehead atoms. The molecule has 0 spiro atoms. The lowest BCUT2D eigenvalue weighted by Crippen LogP contribution is -2.19. The summed E-state index contributed by atoms with van der Waals surface area (Å²) in [6.45, 7) is 2.15. The Bertz CT molecular complexity index is 349. The van der Waals surface area contributed by atoms with Crippen molar-refractivity contribution >= 4 is 39.7 Å². The second-order valence-electron chi connectivity index (χ2n) is 2.77. The van der Waals surface area contributed by atoms with Crippen LogP contribution in [0, 0.1) is 0 Å². The van der Waals surface area contributed by atoms with Crippen molar-refractivity contribution in [3.63, 3.8) is 0 Å². The zero-order valence-electron chi connectivity index (χ0n) is 8.83. The van der Waals surface area contributed by atoms with Gasteiger partial charge in [-0.1, -0.05) is 12.1 Å². The van der Waals surface area contributed by atoms with Gasteiger partial charge in [-0.05, 0) is 46.9 Å². The van der Waals surface area contributed by atoms with Crippen molar-refractivity contribution < 1.29 is 9.53 Å². The van der Waals surface area contributed by atoms with Gasteiger partial charge in [-0.15, -0.1) is 0 Å². The van der Waals surface area contributed by atoms with Gasteiger partial charge in [0.05, 0.1) is 12.5 Å². The Morgan fingerprint density at radius 3 is 2.94 bits per heavy atom. The molecule has 0 aliphatic heterocycles. The molecule has 1 amide bonds. The van der Waals surface area contributed by atoms with Gasteiger partial charge in [0.1, 0.15) is 0 Å². The van der Waals surface area contributed by atoms with Gasteiger partial charge in [0, 0.05) is 10.2 Å². The Labute approximate surface area is 107 Å². The number of halogens is 1. The summed E-state index contributed by atoms with van der Waals surface area (Å²) in [4.78, 5) is 10.9. The number of rotatable bonds is 5. The minimum atomic E-state index is -0.415. The van der Waals surface area contributed by atoms with Crippen molar-refractivity contribution in [3.05, 3.63) is 28.7 Å². The summed E-state index contributed by atoms with van der Waals surface area (Å²) in [7, 11) is 0. The topological polar surface area (TPSA) is 50.4 Å². The van der Waals surface area contributed by atoms with Gasteiger partial charge in [-0.25, -0.2) is 4.79 Å². The predicted octanol–water partition coefficient (Wildman–Crippen LogP) is 3.21. The first-order chi connectivity index (χ1) is 7.74. The molecule has 16 heavy (non-hydrogen) atoms. The van der Waals surface area contributed by atoms with Crippen molar-refractivity contribution in [1.29, 1.82) is 0 Å². The molecule has 0 aliphatic carbocycles. The maximum absolute atomic E-state index is 10.9. The summed E-state index contributed by atoms with van der Waals surface area (Å²) in [6, 6.07) is 7.79. The van der Waals surface area contributed by atoms with E-state index >= 15 is 0 Å². The molecule has 0 heterocycles. The summed E-state index contributed by atoms with van der Waals surface area (Å²) >= 11 is 4.67. The number of nitrogens with one attached hydrogen (secondary N) is 2. The van der Waals surface area contributed by atoms with E-state index in [9.17, 15) is 4.79 Å². The number of hydrogen-bond acceptors (Lipinski definition) is 4.